The molecule has 0 bridgehead atoms. The van der Waals surface area contributed by atoms with Crippen LogP contribution in [-0.4, -0.2) is 49.2 Å². The van der Waals surface area contributed by atoms with Crippen LogP contribution in [0.3, 0.4) is 0 Å². The molecule has 6 nitrogen and oxygen atoms in total. The van der Waals surface area contributed by atoms with Crippen molar-refractivity contribution in [2.24, 2.45) is 0 Å². The number of fused-ring (bicyclic) bond motifs is 1. The minimum Gasteiger partial charge on any atom is -0.483 e. The monoisotopic (exact) mass is 405 g/mol. The fourth-order valence-corrected chi connectivity index (χ4v) is 4.10. The number of nitriles is 1. The average Bonchev–Trinajstić information content (AvgIpc) is 2.91. The number of rotatable bonds is 4. The highest BCUT2D eigenvalue weighted by molar-refractivity contribution is 5.78. The maximum atomic E-state index is 12.8. The number of hydrogen-bond donors (Lipinski definition) is 0. The molecular formula is C24H27N3O3. The Labute approximate surface area is 177 Å². The number of ether oxygens (including phenoxy) is 2. The second kappa shape index (κ2) is 8.27. The van der Waals surface area contributed by atoms with Gasteiger partial charge in [0, 0.05) is 43.9 Å². The second-order valence-electron chi connectivity index (χ2n) is 8.45. The molecule has 0 spiro atoms. The third kappa shape index (κ3) is 4.35. The van der Waals surface area contributed by atoms with Crippen LogP contribution in [0.1, 0.15) is 31.4 Å². The average molecular weight is 405 g/mol. The highest BCUT2D eigenvalue weighted by Crippen LogP contribution is 2.41. The molecule has 0 atom stereocenters. The van der Waals surface area contributed by atoms with Crippen LogP contribution in [0, 0.1) is 11.3 Å². The third-order valence-electron chi connectivity index (χ3n) is 5.62. The van der Waals surface area contributed by atoms with Gasteiger partial charge in [0.1, 0.15) is 5.60 Å². The van der Waals surface area contributed by atoms with Crippen molar-refractivity contribution in [1.82, 2.24) is 4.90 Å². The Hall–Kier alpha value is -3.20. The van der Waals surface area contributed by atoms with E-state index in [0.717, 1.165) is 42.9 Å². The number of carbonyl (C=O) groups is 1. The fourth-order valence-electron chi connectivity index (χ4n) is 4.10. The van der Waals surface area contributed by atoms with Gasteiger partial charge in [-0.2, -0.15) is 5.26 Å². The van der Waals surface area contributed by atoms with Crippen LogP contribution in [0.25, 0.3) is 0 Å². The molecule has 0 N–H and O–H groups in total. The van der Waals surface area contributed by atoms with Crippen LogP contribution >= 0.6 is 0 Å². The van der Waals surface area contributed by atoms with Crippen molar-refractivity contribution in [3.63, 3.8) is 0 Å². The molecule has 156 valence electrons. The quantitative estimate of drug-likeness (QED) is 0.780. The van der Waals surface area contributed by atoms with Crippen molar-refractivity contribution in [3.8, 4) is 17.6 Å². The maximum Gasteiger partial charge on any atom is 0.260 e. The Bertz CT molecular complexity index is 963. The molecule has 1 saturated heterocycles. The first-order chi connectivity index (χ1) is 14.4. The van der Waals surface area contributed by atoms with Crippen molar-refractivity contribution in [2.45, 2.75) is 32.3 Å². The van der Waals surface area contributed by atoms with Gasteiger partial charge in [-0.3, -0.25) is 4.79 Å². The molecular weight excluding hydrogens is 378 g/mol. The normalized spacial score (nSPS) is 17.5. The van der Waals surface area contributed by atoms with E-state index in [0.29, 0.717) is 24.4 Å². The number of amides is 1. The van der Waals surface area contributed by atoms with E-state index in [4.69, 9.17) is 14.7 Å². The first-order valence-corrected chi connectivity index (χ1v) is 10.4. The van der Waals surface area contributed by atoms with Crippen LogP contribution < -0.4 is 14.4 Å². The molecule has 0 saturated carbocycles. The van der Waals surface area contributed by atoms with Crippen molar-refractivity contribution in [1.29, 1.82) is 5.26 Å². The van der Waals surface area contributed by atoms with Gasteiger partial charge in [0.05, 0.1) is 11.6 Å². The lowest BCUT2D eigenvalue weighted by molar-refractivity contribution is -0.133. The molecule has 0 aromatic heterocycles. The van der Waals surface area contributed by atoms with Crippen molar-refractivity contribution < 1.29 is 14.3 Å². The number of carbonyl (C=O) groups excluding carboxylic acids is 1. The molecule has 2 aromatic rings. The minimum atomic E-state index is -0.245. The SMILES string of the molecule is CC1(C)Cc2cccc(OCC(=O)N3CCCN(c4ccc(C#N)cc4)CC3)c2O1. The number of benzene rings is 2. The van der Waals surface area contributed by atoms with Crippen LogP contribution in [0.5, 0.6) is 11.5 Å². The Morgan fingerprint density at radius 3 is 2.70 bits per heavy atom. The van der Waals surface area contributed by atoms with E-state index in [9.17, 15) is 4.79 Å². The minimum absolute atomic E-state index is 0.00783. The van der Waals surface area contributed by atoms with Gasteiger partial charge in [-0.15, -0.1) is 0 Å². The van der Waals surface area contributed by atoms with Gasteiger partial charge in [-0.1, -0.05) is 12.1 Å². The lowest BCUT2D eigenvalue weighted by atomic mass is 10.0. The predicted octanol–water partition coefficient (Wildman–Crippen LogP) is 3.39. The summed E-state index contributed by atoms with van der Waals surface area (Å²) in [6, 6.07) is 15.6. The summed E-state index contributed by atoms with van der Waals surface area (Å²) in [7, 11) is 0. The van der Waals surface area contributed by atoms with E-state index in [1.807, 2.05) is 47.4 Å². The number of para-hydroxylation sites is 1. The van der Waals surface area contributed by atoms with Crippen molar-refractivity contribution in [2.75, 3.05) is 37.7 Å². The standard InChI is InChI=1S/C24H27N3O3/c1-24(2)15-19-5-3-6-21(23(19)30-24)29-17-22(28)27-12-4-11-26(13-14-27)20-9-7-18(16-25)8-10-20/h3,5-10H,4,11-15,17H2,1-2H3. The van der Waals surface area contributed by atoms with Crippen LogP contribution in [0.4, 0.5) is 5.69 Å². The summed E-state index contributed by atoms with van der Waals surface area (Å²) in [5.74, 6) is 1.39. The zero-order valence-corrected chi connectivity index (χ0v) is 17.6. The molecule has 0 radical (unpaired) electrons. The summed E-state index contributed by atoms with van der Waals surface area (Å²) < 4.78 is 11.9. The fraction of sp³-hybridized carbons (Fsp3) is 0.417. The Kier molecular flexibility index (Phi) is 5.54. The summed E-state index contributed by atoms with van der Waals surface area (Å²) in [6.45, 7) is 7.13. The van der Waals surface area contributed by atoms with E-state index in [2.05, 4.69) is 24.8 Å². The molecule has 30 heavy (non-hydrogen) atoms. The smallest absolute Gasteiger partial charge is 0.260 e. The molecule has 0 aliphatic carbocycles. The molecule has 2 aromatic carbocycles. The summed E-state index contributed by atoms with van der Waals surface area (Å²) in [6.07, 6.45) is 1.73. The van der Waals surface area contributed by atoms with Crippen molar-refractivity contribution >= 4 is 11.6 Å². The molecule has 0 unspecified atom stereocenters. The summed E-state index contributed by atoms with van der Waals surface area (Å²) >= 11 is 0. The molecule has 4 rings (SSSR count). The van der Waals surface area contributed by atoms with Crippen LogP contribution in [0.15, 0.2) is 42.5 Å². The molecule has 1 fully saturated rings. The van der Waals surface area contributed by atoms with Crippen LogP contribution in [-0.2, 0) is 11.2 Å². The first kappa shape index (κ1) is 20.1. The van der Waals surface area contributed by atoms with Gasteiger partial charge in [0.25, 0.3) is 5.91 Å². The molecule has 2 aliphatic heterocycles. The third-order valence-corrected chi connectivity index (χ3v) is 5.62. The highest BCUT2D eigenvalue weighted by atomic mass is 16.5. The number of anilines is 1. The first-order valence-electron chi connectivity index (χ1n) is 10.4. The summed E-state index contributed by atoms with van der Waals surface area (Å²) in [5.41, 5.74) is 2.62. The van der Waals surface area contributed by atoms with E-state index < -0.39 is 0 Å². The Balaban J connectivity index is 1.34. The summed E-state index contributed by atoms with van der Waals surface area (Å²) in [4.78, 5) is 16.9. The van der Waals surface area contributed by atoms with Crippen molar-refractivity contribution in [3.05, 3.63) is 53.6 Å². The van der Waals surface area contributed by atoms with E-state index >= 15 is 0 Å². The van der Waals surface area contributed by atoms with E-state index in [1.165, 1.54) is 0 Å². The Morgan fingerprint density at radius 2 is 1.93 bits per heavy atom. The molecule has 2 heterocycles. The molecule has 2 aliphatic rings. The van der Waals surface area contributed by atoms with E-state index in [1.54, 1.807) is 0 Å². The highest BCUT2D eigenvalue weighted by Gasteiger charge is 2.32. The maximum absolute atomic E-state index is 12.8. The van der Waals surface area contributed by atoms with E-state index in [-0.39, 0.29) is 18.1 Å². The zero-order valence-electron chi connectivity index (χ0n) is 17.6. The van der Waals surface area contributed by atoms with Gasteiger partial charge in [0.15, 0.2) is 18.1 Å². The van der Waals surface area contributed by atoms with Gasteiger partial charge in [-0.05, 0) is 50.6 Å². The lowest BCUT2D eigenvalue weighted by Crippen LogP contribution is -2.38. The molecule has 6 heteroatoms. The largest absolute Gasteiger partial charge is 0.483 e. The zero-order chi connectivity index (χ0) is 21.1. The molecule has 1 amide bonds. The number of nitrogens with zero attached hydrogens (tertiary/aromatic N) is 3. The Morgan fingerprint density at radius 1 is 1.13 bits per heavy atom. The number of hydrogen-bond acceptors (Lipinski definition) is 5. The predicted molar refractivity (Wildman–Crippen MR) is 115 cm³/mol. The lowest BCUT2D eigenvalue weighted by Gasteiger charge is -2.24. The van der Waals surface area contributed by atoms with Gasteiger partial charge in [-0.25, -0.2) is 0 Å². The second-order valence-corrected chi connectivity index (χ2v) is 8.45. The van der Waals surface area contributed by atoms with Gasteiger partial charge in [0.2, 0.25) is 0 Å². The van der Waals surface area contributed by atoms with Gasteiger partial charge < -0.3 is 19.3 Å². The topological polar surface area (TPSA) is 65.8 Å². The summed E-state index contributed by atoms with van der Waals surface area (Å²) in [5, 5.41) is 8.96. The van der Waals surface area contributed by atoms with Crippen LogP contribution in [0.2, 0.25) is 0 Å². The van der Waals surface area contributed by atoms with Gasteiger partial charge >= 0.3 is 0 Å².